The maximum atomic E-state index is 6.35. The molecule has 1 fully saturated rings. The number of nitrogens with zero attached hydrogens (tertiary/aromatic N) is 2. The fraction of sp³-hybridized carbons (Fsp3) is 0.500. The Labute approximate surface area is 141 Å². The molecular formula is C18H23N3OS. The molecular weight excluding hydrogens is 306 g/mol. The summed E-state index contributed by atoms with van der Waals surface area (Å²) in [4.78, 5) is 8.55. The molecule has 4 nitrogen and oxygen atoms in total. The van der Waals surface area contributed by atoms with Gasteiger partial charge < -0.3 is 15.4 Å². The number of thiazole rings is 1. The zero-order chi connectivity index (χ0) is 15.8. The van der Waals surface area contributed by atoms with Crippen LogP contribution in [-0.2, 0) is 11.2 Å². The van der Waals surface area contributed by atoms with Crippen LogP contribution in [0, 0.1) is 0 Å². The third-order valence-electron chi connectivity index (χ3n) is 4.92. The summed E-state index contributed by atoms with van der Waals surface area (Å²) in [5.74, 6) is 0. The van der Waals surface area contributed by atoms with E-state index in [0.717, 1.165) is 48.6 Å². The number of fused-ring (bicyclic) bond motifs is 1. The molecule has 2 N–H and O–H groups in total. The number of aryl methyl sites for hydroxylation is 1. The molecule has 122 valence electrons. The fourth-order valence-corrected chi connectivity index (χ4v) is 4.91. The summed E-state index contributed by atoms with van der Waals surface area (Å²) in [5, 5.41) is 1.03. The van der Waals surface area contributed by atoms with E-state index < -0.39 is 0 Å². The van der Waals surface area contributed by atoms with Crippen molar-refractivity contribution in [2.45, 2.75) is 38.2 Å². The quantitative estimate of drug-likeness (QED) is 0.864. The monoisotopic (exact) mass is 329 g/mol. The first kappa shape index (κ1) is 15.0. The van der Waals surface area contributed by atoms with Crippen LogP contribution in [0.25, 0.3) is 10.6 Å². The summed E-state index contributed by atoms with van der Waals surface area (Å²) < 4.78 is 5.62. The van der Waals surface area contributed by atoms with Crippen LogP contribution in [0.3, 0.4) is 0 Å². The summed E-state index contributed by atoms with van der Waals surface area (Å²) in [6.07, 6.45) is 6.05. The van der Waals surface area contributed by atoms with Gasteiger partial charge in [0.1, 0.15) is 5.01 Å². The lowest BCUT2D eigenvalue weighted by molar-refractivity contribution is 0.0908. The molecule has 1 aromatic heterocycles. The second-order valence-corrected chi connectivity index (χ2v) is 7.44. The summed E-state index contributed by atoms with van der Waals surface area (Å²) in [6, 6.07) is 6.43. The van der Waals surface area contributed by atoms with Crippen molar-refractivity contribution in [3.05, 3.63) is 28.8 Å². The van der Waals surface area contributed by atoms with Gasteiger partial charge in [-0.25, -0.2) is 4.98 Å². The number of benzene rings is 1. The Kier molecular flexibility index (Phi) is 3.99. The SMILES string of the molecule is COC1CCCc2nc(-c3ccc(N4CCCC4)cc3N)sc21. The van der Waals surface area contributed by atoms with Crippen LogP contribution in [0.5, 0.6) is 0 Å². The van der Waals surface area contributed by atoms with E-state index in [1.807, 2.05) is 0 Å². The fourth-order valence-electron chi connectivity index (χ4n) is 3.64. The van der Waals surface area contributed by atoms with Crippen LogP contribution < -0.4 is 10.6 Å². The van der Waals surface area contributed by atoms with Crippen molar-refractivity contribution >= 4 is 22.7 Å². The first-order valence-corrected chi connectivity index (χ1v) is 9.25. The first-order chi connectivity index (χ1) is 11.3. The molecule has 2 aromatic rings. The third-order valence-corrected chi connectivity index (χ3v) is 6.14. The van der Waals surface area contributed by atoms with Crippen LogP contribution >= 0.6 is 11.3 Å². The molecule has 23 heavy (non-hydrogen) atoms. The number of aromatic nitrogens is 1. The van der Waals surface area contributed by atoms with Crippen LogP contribution in [0.4, 0.5) is 11.4 Å². The van der Waals surface area contributed by atoms with E-state index in [0.29, 0.717) is 0 Å². The molecule has 1 aliphatic carbocycles. The van der Waals surface area contributed by atoms with Gasteiger partial charge in [-0.3, -0.25) is 0 Å². The molecule has 1 saturated heterocycles. The van der Waals surface area contributed by atoms with Crippen molar-refractivity contribution in [3.63, 3.8) is 0 Å². The number of nitrogens with two attached hydrogens (primary N) is 1. The molecule has 0 spiro atoms. The summed E-state index contributed by atoms with van der Waals surface area (Å²) in [5.41, 5.74) is 10.7. The topological polar surface area (TPSA) is 51.4 Å². The zero-order valence-electron chi connectivity index (χ0n) is 13.5. The predicted molar refractivity (Wildman–Crippen MR) is 96.1 cm³/mol. The number of ether oxygens (including phenoxy) is 1. The lowest BCUT2D eigenvalue weighted by Gasteiger charge is -2.19. The third kappa shape index (κ3) is 2.72. The Balaban J connectivity index is 1.67. The van der Waals surface area contributed by atoms with Crippen molar-refractivity contribution < 1.29 is 4.74 Å². The Bertz CT molecular complexity index is 706. The molecule has 4 rings (SSSR count). The van der Waals surface area contributed by atoms with Gasteiger partial charge in [0.15, 0.2) is 0 Å². The van der Waals surface area contributed by atoms with Gasteiger partial charge in [0, 0.05) is 37.1 Å². The lowest BCUT2D eigenvalue weighted by Crippen LogP contribution is -2.17. The molecule has 2 aliphatic rings. The highest BCUT2D eigenvalue weighted by atomic mass is 32.1. The van der Waals surface area contributed by atoms with Crippen molar-refractivity contribution in [3.8, 4) is 10.6 Å². The average Bonchev–Trinajstić information content (AvgIpc) is 3.23. The number of anilines is 2. The van der Waals surface area contributed by atoms with Crippen LogP contribution in [0.15, 0.2) is 18.2 Å². The molecule has 1 aliphatic heterocycles. The Morgan fingerprint density at radius 2 is 2.09 bits per heavy atom. The van der Waals surface area contributed by atoms with Crippen molar-refractivity contribution in [1.29, 1.82) is 0 Å². The summed E-state index contributed by atoms with van der Waals surface area (Å²) in [6.45, 7) is 2.28. The molecule has 2 heterocycles. The van der Waals surface area contributed by atoms with Gasteiger partial charge in [-0.15, -0.1) is 11.3 Å². The van der Waals surface area contributed by atoms with E-state index in [2.05, 4.69) is 23.1 Å². The van der Waals surface area contributed by atoms with Crippen molar-refractivity contribution in [1.82, 2.24) is 4.98 Å². The highest BCUT2D eigenvalue weighted by Gasteiger charge is 2.25. The van der Waals surface area contributed by atoms with E-state index in [4.69, 9.17) is 15.5 Å². The van der Waals surface area contributed by atoms with Gasteiger partial charge in [-0.1, -0.05) is 0 Å². The second kappa shape index (κ2) is 6.13. The number of methoxy groups -OCH3 is 1. The molecule has 0 amide bonds. The van der Waals surface area contributed by atoms with E-state index in [1.54, 1.807) is 18.4 Å². The molecule has 1 atom stereocenters. The van der Waals surface area contributed by atoms with Crippen LogP contribution in [-0.4, -0.2) is 25.2 Å². The number of nitrogen functional groups attached to an aromatic ring is 1. The first-order valence-electron chi connectivity index (χ1n) is 8.43. The molecule has 0 bridgehead atoms. The molecule has 1 aromatic carbocycles. The summed E-state index contributed by atoms with van der Waals surface area (Å²) in [7, 11) is 1.79. The van der Waals surface area contributed by atoms with Crippen LogP contribution in [0.1, 0.15) is 42.4 Å². The number of hydrogen-bond acceptors (Lipinski definition) is 5. The van der Waals surface area contributed by atoms with E-state index >= 15 is 0 Å². The molecule has 5 heteroatoms. The Morgan fingerprint density at radius 3 is 2.83 bits per heavy atom. The van der Waals surface area contributed by atoms with E-state index in [9.17, 15) is 0 Å². The van der Waals surface area contributed by atoms with Crippen molar-refractivity contribution in [2.24, 2.45) is 0 Å². The van der Waals surface area contributed by atoms with Crippen LogP contribution in [0.2, 0.25) is 0 Å². The molecule has 1 unspecified atom stereocenters. The highest BCUT2D eigenvalue weighted by molar-refractivity contribution is 7.15. The van der Waals surface area contributed by atoms with Gasteiger partial charge >= 0.3 is 0 Å². The van der Waals surface area contributed by atoms with Gasteiger partial charge in [0.25, 0.3) is 0 Å². The van der Waals surface area contributed by atoms with Gasteiger partial charge in [-0.2, -0.15) is 0 Å². The normalized spacial score (nSPS) is 20.7. The van der Waals surface area contributed by atoms with Crippen molar-refractivity contribution in [2.75, 3.05) is 30.8 Å². The Hall–Kier alpha value is -1.59. The smallest absolute Gasteiger partial charge is 0.126 e. The lowest BCUT2D eigenvalue weighted by atomic mass is 10.0. The average molecular weight is 329 g/mol. The Morgan fingerprint density at radius 1 is 1.26 bits per heavy atom. The largest absolute Gasteiger partial charge is 0.398 e. The number of rotatable bonds is 3. The molecule has 0 saturated carbocycles. The molecule has 0 radical (unpaired) electrons. The van der Waals surface area contributed by atoms with E-state index in [-0.39, 0.29) is 6.10 Å². The maximum absolute atomic E-state index is 6.35. The minimum atomic E-state index is 0.204. The highest BCUT2D eigenvalue weighted by Crippen LogP contribution is 2.41. The minimum absolute atomic E-state index is 0.204. The van der Waals surface area contributed by atoms with E-state index in [1.165, 1.54) is 29.1 Å². The van der Waals surface area contributed by atoms with Gasteiger partial charge in [0.2, 0.25) is 0 Å². The summed E-state index contributed by atoms with van der Waals surface area (Å²) >= 11 is 1.74. The standard InChI is InChI=1S/C18H23N3OS/c1-22-16-6-4-5-15-17(16)23-18(20-15)13-8-7-12(11-14(13)19)21-9-2-3-10-21/h7-8,11,16H,2-6,9-10,19H2,1H3. The zero-order valence-corrected chi connectivity index (χ0v) is 14.4. The predicted octanol–water partition coefficient (Wildman–Crippen LogP) is 4.02. The number of hydrogen-bond donors (Lipinski definition) is 1. The maximum Gasteiger partial charge on any atom is 0.126 e. The minimum Gasteiger partial charge on any atom is -0.398 e. The van der Waals surface area contributed by atoms with Gasteiger partial charge in [-0.05, 0) is 50.3 Å². The second-order valence-electron chi connectivity index (χ2n) is 6.41. The van der Waals surface area contributed by atoms with Gasteiger partial charge in [0.05, 0.1) is 16.7 Å².